The molecule has 0 amide bonds. The third-order valence-electron chi connectivity index (χ3n) is 3.53. The second-order valence-electron chi connectivity index (χ2n) is 4.95. The van der Waals surface area contributed by atoms with Crippen LogP contribution in [0.1, 0.15) is 25.0 Å². The van der Waals surface area contributed by atoms with Crippen LogP contribution >= 0.6 is 0 Å². The van der Waals surface area contributed by atoms with Gasteiger partial charge < -0.3 is 14.4 Å². The molecule has 0 aliphatic carbocycles. The van der Waals surface area contributed by atoms with E-state index in [9.17, 15) is 18.7 Å². The Balaban J connectivity index is 2.05. The Morgan fingerprint density at radius 1 is 1.45 bits per heavy atom. The van der Waals surface area contributed by atoms with E-state index >= 15 is 0 Å². The number of halogens is 2. The molecule has 1 atom stereocenters. The van der Waals surface area contributed by atoms with Gasteiger partial charge in [0.05, 0.1) is 6.26 Å². The molecule has 8 heteroatoms. The van der Waals surface area contributed by atoms with Gasteiger partial charge in [0.15, 0.2) is 5.76 Å². The number of hydrogen-bond donors (Lipinski definition) is 1. The van der Waals surface area contributed by atoms with Crippen LogP contribution < -0.4 is 4.90 Å². The minimum atomic E-state index is -2.78. The predicted octanol–water partition coefficient (Wildman–Crippen LogP) is 2.73. The Kier molecular flexibility index (Phi) is 3.74. The summed E-state index contributed by atoms with van der Waals surface area (Å²) >= 11 is 0. The van der Waals surface area contributed by atoms with Crippen molar-refractivity contribution in [3.63, 3.8) is 0 Å². The van der Waals surface area contributed by atoms with Gasteiger partial charge in [-0.05, 0) is 31.0 Å². The fourth-order valence-corrected chi connectivity index (χ4v) is 2.51. The lowest BCUT2D eigenvalue weighted by atomic mass is 10.2. The maximum absolute atomic E-state index is 13.1. The maximum Gasteiger partial charge on any atom is 0.326 e. The van der Waals surface area contributed by atoms with E-state index in [0.717, 1.165) is 6.07 Å². The number of anilines is 1. The second kappa shape index (κ2) is 5.70. The van der Waals surface area contributed by atoms with E-state index in [0.29, 0.717) is 25.1 Å². The van der Waals surface area contributed by atoms with E-state index < -0.39 is 24.1 Å². The van der Waals surface area contributed by atoms with Crippen LogP contribution in [0.3, 0.4) is 0 Å². The van der Waals surface area contributed by atoms with Crippen molar-refractivity contribution < 1.29 is 23.1 Å². The third kappa shape index (κ3) is 2.63. The smallest absolute Gasteiger partial charge is 0.326 e. The number of nitrogens with zero attached hydrogens (tertiary/aromatic N) is 3. The Bertz CT molecular complexity index is 676. The Hall–Kier alpha value is -2.51. The average Bonchev–Trinajstić information content (AvgIpc) is 3.18. The van der Waals surface area contributed by atoms with E-state index in [1.54, 1.807) is 12.1 Å². The van der Waals surface area contributed by atoms with Crippen LogP contribution in [-0.4, -0.2) is 33.6 Å². The van der Waals surface area contributed by atoms with Crippen LogP contribution in [0.15, 0.2) is 28.9 Å². The summed E-state index contributed by atoms with van der Waals surface area (Å²) in [4.78, 5) is 20.7. The highest BCUT2D eigenvalue weighted by Crippen LogP contribution is 2.29. The van der Waals surface area contributed by atoms with Crippen molar-refractivity contribution >= 4 is 11.9 Å². The quantitative estimate of drug-likeness (QED) is 0.935. The van der Waals surface area contributed by atoms with Gasteiger partial charge in [-0.3, -0.25) is 0 Å². The summed E-state index contributed by atoms with van der Waals surface area (Å²) in [6.07, 6.45) is -0.278. The summed E-state index contributed by atoms with van der Waals surface area (Å²) < 4.78 is 31.3. The molecule has 2 aromatic rings. The molecule has 1 aliphatic heterocycles. The highest BCUT2D eigenvalue weighted by Gasteiger charge is 2.33. The minimum Gasteiger partial charge on any atom is -0.480 e. The van der Waals surface area contributed by atoms with E-state index in [4.69, 9.17) is 4.42 Å². The zero-order valence-electron chi connectivity index (χ0n) is 11.4. The van der Waals surface area contributed by atoms with Gasteiger partial charge in [-0.25, -0.2) is 23.5 Å². The molecule has 2 aromatic heterocycles. The molecule has 22 heavy (non-hydrogen) atoms. The lowest BCUT2D eigenvalue weighted by molar-refractivity contribution is -0.138. The first-order chi connectivity index (χ1) is 10.6. The summed E-state index contributed by atoms with van der Waals surface area (Å²) in [7, 11) is 0. The van der Waals surface area contributed by atoms with Crippen LogP contribution in [-0.2, 0) is 4.79 Å². The van der Waals surface area contributed by atoms with Gasteiger partial charge in [0, 0.05) is 6.54 Å². The summed E-state index contributed by atoms with van der Waals surface area (Å²) in [6.45, 7) is 0.418. The lowest BCUT2D eigenvalue weighted by Gasteiger charge is -2.22. The number of furan rings is 1. The lowest BCUT2D eigenvalue weighted by Crippen LogP contribution is -2.37. The standard InChI is InChI=1S/C14H13F2N3O3/c15-12(16)9-7-8(11-4-2-6-22-11)17-14(18-9)19-5-1-3-10(19)13(20)21/h2,4,6-7,10,12H,1,3,5H2,(H,20,21). The second-order valence-corrected chi connectivity index (χ2v) is 4.95. The molecule has 1 unspecified atom stereocenters. The minimum absolute atomic E-state index is 0.00546. The molecule has 0 radical (unpaired) electrons. The zero-order valence-corrected chi connectivity index (χ0v) is 11.4. The number of carbonyl (C=O) groups is 1. The Morgan fingerprint density at radius 2 is 2.27 bits per heavy atom. The molecule has 1 aliphatic rings. The van der Waals surface area contributed by atoms with Gasteiger partial charge in [-0.2, -0.15) is 0 Å². The molecule has 0 aromatic carbocycles. The molecule has 1 N–H and O–H groups in total. The zero-order chi connectivity index (χ0) is 15.7. The van der Waals surface area contributed by atoms with Crippen LogP contribution in [0.2, 0.25) is 0 Å². The molecule has 116 valence electrons. The Labute approximate surface area is 124 Å². The molecule has 0 saturated carbocycles. The van der Waals surface area contributed by atoms with Crippen LogP contribution in [0.25, 0.3) is 11.5 Å². The van der Waals surface area contributed by atoms with Gasteiger partial charge in [0.25, 0.3) is 6.43 Å². The molecule has 3 rings (SSSR count). The van der Waals surface area contributed by atoms with E-state index in [1.165, 1.54) is 11.2 Å². The molecule has 0 spiro atoms. The highest BCUT2D eigenvalue weighted by molar-refractivity contribution is 5.78. The maximum atomic E-state index is 13.1. The number of rotatable bonds is 4. The summed E-state index contributed by atoms with van der Waals surface area (Å²) in [5.41, 5.74) is -0.242. The number of aliphatic carboxylic acids is 1. The largest absolute Gasteiger partial charge is 0.480 e. The first-order valence-corrected chi connectivity index (χ1v) is 6.76. The number of carboxylic acids is 1. The molecule has 1 fully saturated rings. The first kappa shape index (κ1) is 14.4. The average molecular weight is 309 g/mol. The normalized spacial score (nSPS) is 18.1. The summed E-state index contributed by atoms with van der Waals surface area (Å²) in [5.74, 6) is -0.686. The SMILES string of the molecule is O=C(O)C1CCCN1c1nc(-c2ccco2)cc(C(F)F)n1. The summed E-state index contributed by atoms with van der Waals surface area (Å²) in [5, 5.41) is 9.21. The molecule has 1 saturated heterocycles. The van der Waals surface area contributed by atoms with Crippen molar-refractivity contribution in [2.24, 2.45) is 0 Å². The van der Waals surface area contributed by atoms with Crippen molar-refractivity contribution in [1.82, 2.24) is 9.97 Å². The van der Waals surface area contributed by atoms with Gasteiger partial charge in [-0.15, -0.1) is 0 Å². The fraction of sp³-hybridized carbons (Fsp3) is 0.357. The van der Waals surface area contributed by atoms with Crippen molar-refractivity contribution in [2.45, 2.75) is 25.3 Å². The van der Waals surface area contributed by atoms with Crippen molar-refractivity contribution in [3.05, 3.63) is 30.2 Å². The predicted molar refractivity (Wildman–Crippen MR) is 72.7 cm³/mol. The molecule has 3 heterocycles. The monoisotopic (exact) mass is 309 g/mol. The molecular weight excluding hydrogens is 296 g/mol. The van der Waals surface area contributed by atoms with Gasteiger partial charge in [-0.1, -0.05) is 0 Å². The van der Waals surface area contributed by atoms with Gasteiger partial charge in [0.1, 0.15) is 17.4 Å². The number of hydrogen-bond acceptors (Lipinski definition) is 5. The molecule has 0 bridgehead atoms. The van der Waals surface area contributed by atoms with Crippen molar-refractivity contribution in [1.29, 1.82) is 0 Å². The van der Waals surface area contributed by atoms with Gasteiger partial charge >= 0.3 is 5.97 Å². The highest BCUT2D eigenvalue weighted by atomic mass is 19.3. The number of aromatic nitrogens is 2. The molecule has 6 nitrogen and oxygen atoms in total. The van der Waals surface area contributed by atoms with Crippen molar-refractivity contribution in [2.75, 3.05) is 11.4 Å². The van der Waals surface area contributed by atoms with Crippen molar-refractivity contribution in [3.8, 4) is 11.5 Å². The van der Waals surface area contributed by atoms with Crippen LogP contribution in [0.4, 0.5) is 14.7 Å². The van der Waals surface area contributed by atoms with Crippen LogP contribution in [0.5, 0.6) is 0 Å². The van der Waals surface area contributed by atoms with Gasteiger partial charge in [0.2, 0.25) is 5.95 Å². The summed E-state index contributed by atoms with van der Waals surface area (Å²) in [6, 6.07) is 3.57. The Morgan fingerprint density at radius 3 is 2.91 bits per heavy atom. The third-order valence-corrected chi connectivity index (χ3v) is 3.53. The number of alkyl halides is 2. The van der Waals surface area contributed by atoms with E-state index in [-0.39, 0.29) is 11.6 Å². The topological polar surface area (TPSA) is 79.5 Å². The van der Waals surface area contributed by atoms with E-state index in [1.807, 2.05) is 0 Å². The molecular formula is C14H13F2N3O3. The number of carboxylic acid groups (broad SMARTS) is 1. The first-order valence-electron chi connectivity index (χ1n) is 6.76. The van der Waals surface area contributed by atoms with Crippen LogP contribution in [0, 0.1) is 0 Å². The fourth-order valence-electron chi connectivity index (χ4n) is 2.51. The van der Waals surface area contributed by atoms with E-state index in [2.05, 4.69) is 9.97 Å².